The van der Waals surface area contributed by atoms with Crippen molar-refractivity contribution in [2.45, 2.75) is 32.2 Å². The molecule has 0 N–H and O–H groups in total. The van der Waals surface area contributed by atoms with Crippen molar-refractivity contribution < 1.29 is 9.59 Å². The lowest BCUT2D eigenvalue weighted by Gasteiger charge is -2.24. The minimum atomic E-state index is 0.0828. The molecule has 0 spiro atoms. The Bertz CT molecular complexity index is 590. The smallest absolute Gasteiger partial charge is 0.242 e. The molecule has 3 rings (SSSR count). The van der Waals surface area contributed by atoms with Crippen LogP contribution in [0.4, 0.5) is 0 Å². The normalized spacial score (nSPS) is 25.1. The van der Waals surface area contributed by atoms with Gasteiger partial charge in [-0.2, -0.15) is 0 Å². The van der Waals surface area contributed by atoms with E-state index in [1.54, 1.807) is 16.7 Å². The van der Waals surface area contributed by atoms with Crippen molar-refractivity contribution in [2.24, 2.45) is 0 Å². The Morgan fingerprint density at radius 1 is 1.36 bits per heavy atom. The summed E-state index contributed by atoms with van der Waals surface area (Å²) < 4.78 is 0. The van der Waals surface area contributed by atoms with Gasteiger partial charge >= 0.3 is 0 Å². The number of nitrogens with zero attached hydrogens (tertiary/aromatic N) is 2. The van der Waals surface area contributed by atoms with Crippen LogP contribution in [0.25, 0.3) is 0 Å². The number of carbonyl (C=O) groups is 2. The zero-order chi connectivity index (χ0) is 15.7. The molecule has 2 atom stereocenters. The number of carbonyl (C=O) groups excluding carboxylic acids is 2. The molecular weight excluding hydrogens is 296 g/mol. The molecule has 0 aromatic heterocycles. The average Bonchev–Trinajstić information content (AvgIpc) is 3.06. The highest BCUT2D eigenvalue weighted by atomic mass is 32.2. The van der Waals surface area contributed by atoms with Crippen LogP contribution >= 0.6 is 11.8 Å². The van der Waals surface area contributed by atoms with Crippen molar-refractivity contribution in [3.05, 3.63) is 35.4 Å². The van der Waals surface area contributed by atoms with Gasteiger partial charge in [-0.3, -0.25) is 9.59 Å². The molecule has 0 unspecified atom stereocenters. The Kier molecular flexibility index (Phi) is 4.43. The number of aryl methyl sites for hydroxylation is 1. The number of amides is 2. The van der Waals surface area contributed by atoms with Crippen LogP contribution in [0.2, 0.25) is 0 Å². The lowest BCUT2D eigenvalue weighted by atomic mass is 9.93. The molecule has 2 heterocycles. The summed E-state index contributed by atoms with van der Waals surface area (Å²) >= 11 is 1.58. The summed E-state index contributed by atoms with van der Waals surface area (Å²) in [6, 6.07) is 8.66. The van der Waals surface area contributed by atoms with Crippen LogP contribution in [0.3, 0.4) is 0 Å². The van der Waals surface area contributed by atoms with E-state index in [1.165, 1.54) is 11.1 Å². The van der Waals surface area contributed by atoms with E-state index in [2.05, 4.69) is 38.1 Å². The van der Waals surface area contributed by atoms with Crippen molar-refractivity contribution in [1.82, 2.24) is 9.80 Å². The summed E-state index contributed by atoms with van der Waals surface area (Å²) in [7, 11) is 0. The van der Waals surface area contributed by atoms with E-state index in [4.69, 9.17) is 0 Å². The third-order valence-corrected chi connectivity index (χ3v) is 5.62. The summed E-state index contributed by atoms with van der Waals surface area (Å²) in [5.41, 5.74) is 2.64. The Hall–Kier alpha value is -1.49. The van der Waals surface area contributed by atoms with Crippen molar-refractivity contribution in [1.29, 1.82) is 0 Å². The Morgan fingerprint density at radius 3 is 2.82 bits per heavy atom. The molecule has 2 aliphatic rings. The van der Waals surface area contributed by atoms with Crippen LogP contribution in [-0.2, 0) is 9.59 Å². The quantitative estimate of drug-likeness (QED) is 0.858. The van der Waals surface area contributed by atoms with E-state index in [0.717, 1.165) is 13.0 Å². The maximum atomic E-state index is 12.5. The standard InChI is InChI=1S/C17H22N2O2S/c1-12-5-3-4-6-15(12)14-7-13(2)19(8-14)16(20)9-18-11-22-10-17(18)21/h3-6,13-14H,7-11H2,1-2H3/t13-,14+/m0/s1. The molecule has 22 heavy (non-hydrogen) atoms. The van der Waals surface area contributed by atoms with Crippen LogP contribution < -0.4 is 0 Å². The number of hydrogen-bond acceptors (Lipinski definition) is 3. The zero-order valence-electron chi connectivity index (χ0n) is 13.1. The van der Waals surface area contributed by atoms with Crippen LogP contribution in [0.5, 0.6) is 0 Å². The molecule has 2 amide bonds. The van der Waals surface area contributed by atoms with Crippen molar-refractivity contribution >= 4 is 23.6 Å². The highest BCUT2D eigenvalue weighted by Gasteiger charge is 2.35. The van der Waals surface area contributed by atoms with Crippen LogP contribution in [0.1, 0.15) is 30.4 Å². The fourth-order valence-electron chi connectivity index (χ4n) is 3.44. The van der Waals surface area contributed by atoms with Gasteiger partial charge in [-0.15, -0.1) is 11.8 Å². The first-order chi connectivity index (χ1) is 10.6. The van der Waals surface area contributed by atoms with E-state index in [9.17, 15) is 9.59 Å². The number of benzene rings is 1. The molecule has 0 radical (unpaired) electrons. The molecule has 118 valence electrons. The molecule has 0 saturated carbocycles. The molecule has 2 fully saturated rings. The maximum absolute atomic E-state index is 12.5. The zero-order valence-corrected chi connectivity index (χ0v) is 13.9. The largest absolute Gasteiger partial charge is 0.338 e. The fourth-order valence-corrected chi connectivity index (χ4v) is 4.35. The van der Waals surface area contributed by atoms with Crippen molar-refractivity contribution in [2.75, 3.05) is 24.7 Å². The number of rotatable bonds is 3. The molecular formula is C17H22N2O2S. The first-order valence-corrected chi connectivity index (χ1v) is 8.92. The SMILES string of the molecule is Cc1ccccc1[C@@H]1C[C@H](C)N(C(=O)CN2CSCC2=O)C1. The van der Waals surface area contributed by atoms with E-state index in [1.807, 2.05) is 4.90 Å². The van der Waals surface area contributed by atoms with E-state index in [-0.39, 0.29) is 24.4 Å². The third-order valence-electron chi connectivity index (χ3n) is 4.67. The summed E-state index contributed by atoms with van der Waals surface area (Å²) in [5.74, 6) is 1.73. The molecule has 4 nitrogen and oxygen atoms in total. The van der Waals surface area contributed by atoms with Gasteiger partial charge in [-0.25, -0.2) is 0 Å². The Balaban J connectivity index is 1.67. The minimum absolute atomic E-state index is 0.0828. The van der Waals surface area contributed by atoms with Gasteiger partial charge in [0.25, 0.3) is 0 Å². The molecule has 1 aromatic rings. The summed E-state index contributed by atoms with van der Waals surface area (Å²) in [4.78, 5) is 27.8. The summed E-state index contributed by atoms with van der Waals surface area (Å²) in [6.45, 7) is 5.23. The Morgan fingerprint density at radius 2 is 2.14 bits per heavy atom. The summed E-state index contributed by atoms with van der Waals surface area (Å²) in [6.07, 6.45) is 0.999. The van der Waals surface area contributed by atoms with Gasteiger partial charge < -0.3 is 9.80 Å². The molecule has 1 aromatic carbocycles. The molecule has 2 saturated heterocycles. The third kappa shape index (κ3) is 3.00. The van der Waals surface area contributed by atoms with Gasteiger partial charge in [-0.05, 0) is 31.4 Å². The highest BCUT2D eigenvalue weighted by molar-refractivity contribution is 8.00. The van der Waals surface area contributed by atoms with Crippen LogP contribution in [0, 0.1) is 6.92 Å². The predicted molar refractivity (Wildman–Crippen MR) is 88.8 cm³/mol. The number of hydrogen-bond donors (Lipinski definition) is 0. The predicted octanol–water partition coefficient (Wildman–Crippen LogP) is 2.23. The second-order valence-electron chi connectivity index (χ2n) is 6.25. The van der Waals surface area contributed by atoms with E-state index in [0.29, 0.717) is 17.5 Å². The van der Waals surface area contributed by atoms with Gasteiger partial charge in [0, 0.05) is 18.5 Å². The molecule has 0 bridgehead atoms. The van der Waals surface area contributed by atoms with Gasteiger partial charge in [0.1, 0.15) is 6.54 Å². The van der Waals surface area contributed by atoms with E-state index >= 15 is 0 Å². The van der Waals surface area contributed by atoms with Crippen molar-refractivity contribution in [3.8, 4) is 0 Å². The van der Waals surface area contributed by atoms with Crippen LogP contribution in [-0.4, -0.2) is 52.4 Å². The summed E-state index contributed by atoms with van der Waals surface area (Å²) in [5, 5.41) is 0. The fraction of sp³-hybridized carbons (Fsp3) is 0.529. The van der Waals surface area contributed by atoms with Gasteiger partial charge in [-0.1, -0.05) is 24.3 Å². The van der Waals surface area contributed by atoms with E-state index < -0.39 is 0 Å². The second kappa shape index (κ2) is 6.32. The highest BCUT2D eigenvalue weighted by Crippen LogP contribution is 2.33. The van der Waals surface area contributed by atoms with Gasteiger partial charge in [0.2, 0.25) is 11.8 Å². The first kappa shape index (κ1) is 15.4. The number of thioether (sulfide) groups is 1. The molecule has 5 heteroatoms. The molecule has 2 aliphatic heterocycles. The maximum Gasteiger partial charge on any atom is 0.242 e. The second-order valence-corrected chi connectivity index (χ2v) is 7.21. The number of likely N-dealkylation sites (tertiary alicyclic amines) is 1. The van der Waals surface area contributed by atoms with Crippen LogP contribution in [0.15, 0.2) is 24.3 Å². The lowest BCUT2D eigenvalue weighted by molar-refractivity contribution is -0.138. The Labute approximate surface area is 135 Å². The lowest BCUT2D eigenvalue weighted by Crippen LogP contribution is -2.42. The average molecular weight is 318 g/mol. The minimum Gasteiger partial charge on any atom is -0.338 e. The van der Waals surface area contributed by atoms with Gasteiger partial charge in [0.05, 0.1) is 11.6 Å². The van der Waals surface area contributed by atoms with Gasteiger partial charge in [0.15, 0.2) is 0 Å². The monoisotopic (exact) mass is 318 g/mol. The van der Waals surface area contributed by atoms with Crippen molar-refractivity contribution in [3.63, 3.8) is 0 Å². The first-order valence-electron chi connectivity index (χ1n) is 7.76. The topological polar surface area (TPSA) is 40.6 Å². The molecule has 0 aliphatic carbocycles.